The largest absolute Gasteiger partial charge is 0.417 e. The third-order valence-corrected chi connectivity index (χ3v) is 2.98. The number of rotatable bonds is 3. The summed E-state index contributed by atoms with van der Waals surface area (Å²) in [6.45, 7) is 0. The fourth-order valence-corrected chi connectivity index (χ4v) is 1.73. The van der Waals surface area contributed by atoms with Crippen LogP contribution in [-0.4, -0.2) is 11.2 Å². The van der Waals surface area contributed by atoms with E-state index in [1.807, 2.05) is 0 Å². The number of hydrogen-bond donors (Lipinski definition) is 1. The van der Waals surface area contributed by atoms with Gasteiger partial charge in [-0.3, -0.25) is 10.4 Å². The second-order valence-electron chi connectivity index (χ2n) is 3.97. The first-order valence-corrected chi connectivity index (χ1v) is 6.39. The average Bonchev–Trinajstić information content (AvgIpc) is 2.41. The normalized spacial score (nSPS) is 11.9. The van der Waals surface area contributed by atoms with Crippen molar-refractivity contribution in [1.82, 2.24) is 4.98 Å². The molecule has 0 saturated heterocycles. The number of nitrogens with zero attached hydrogens (tertiary/aromatic N) is 2. The van der Waals surface area contributed by atoms with Crippen LogP contribution in [0.15, 0.2) is 41.6 Å². The van der Waals surface area contributed by atoms with Crippen molar-refractivity contribution in [1.29, 1.82) is 0 Å². The highest BCUT2D eigenvalue weighted by Crippen LogP contribution is 2.30. The molecule has 1 N–H and O–H groups in total. The average molecular weight is 334 g/mol. The quantitative estimate of drug-likeness (QED) is 0.643. The van der Waals surface area contributed by atoms with Gasteiger partial charge in [0.25, 0.3) is 0 Å². The zero-order valence-corrected chi connectivity index (χ0v) is 11.8. The maximum atomic E-state index is 12.5. The smallest absolute Gasteiger partial charge is 0.278 e. The van der Waals surface area contributed by atoms with Gasteiger partial charge in [-0.1, -0.05) is 23.2 Å². The molecule has 2 aromatic rings. The zero-order valence-electron chi connectivity index (χ0n) is 10.3. The molecule has 21 heavy (non-hydrogen) atoms. The summed E-state index contributed by atoms with van der Waals surface area (Å²) in [7, 11) is 0. The van der Waals surface area contributed by atoms with E-state index in [4.69, 9.17) is 23.2 Å². The molecule has 0 atom stereocenters. The number of nitrogens with one attached hydrogen (secondary N) is 1. The van der Waals surface area contributed by atoms with E-state index in [1.54, 1.807) is 24.3 Å². The van der Waals surface area contributed by atoms with Gasteiger partial charge in [-0.05, 0) is 30.3 Å². The van der Waals surface area contributed by atoms with Crippen LogP contribution in [0.4, 0.5) is 18.9 Å². The van der Waals surface area contributed by atoms with Crippen molar-refractivity contribution in [2.75, 3.05) is 5.43 Å². The number of alkyl halides is 3. The maximum Gasteiger partial charge on any atom is 0.417 e. The second kappa shape index (κ2) is 6.32. The van der Waals surface area contributed by atoms with Crippen LogP contribution in [0.3, 0.4) is 0 Å². The van der Waals surface area contributed by atoms with Gasteiger partial charge in [-0.15, -0.1) is 0 Å². The van der Waals surface area contributed by atoms with E-state index >= 15 is 0 Å². The molecule has 1 heterocycles. The fourth-order valence-electron chi connectivity index (χ4n) is 1.39. The number of anilines is 1. The van der Waals surface area contributed by atoms with Crippen molar-refractivity contribution in [3.05, 3.63) is 57.8 Å². The molecule has 3 nitrogen and oxygen atoms in total. The molecule has 1 aromatic heterocycles. The summed E-state index contributed by atoms with van der Waals surface area (Å²) in [6.07, 6.45) is -2.54. The molecule has 0 amide bonds. The molecular weight excluding hydrogens is 326 g/mol. The molecule has 0 saturated carbocycles. The Morgan fingerprint density at radius 1 is 1.14 bits per heavy atom. The van der Waals surface area contributed by atoms with Crippen molar-refractivity contribution in [2.45, 2.75) is 6.18 Å². The lowest BCUT2D eigenvalue weighted by molar-refractivity contribution is -0.137. The number of benzene rings is 1. The van der Waals surface area contributed by atoms with E-state index in [2.05, 4.69) is 15.5 Å². The molecule has 0 fully saturated rings. The maximum absolute atomic E-state index is 12.5. The molecule has 0 aliphatic rings. The van der Waals surface area contributed by atoms with Crippen LogP contribution < -0.4 is 5.43 Å². The predicted molar refractivity (Wildman–Crippen MR) is 76.9 cm³/mol. The van der Waals surface area contributed by atoms with E-state index in [0.717, 1.165) is 6.07 Å². The monoisotopic (exact) mass is 333 g/mol. The summed E-state index contributed by atoms with van der Waals surface area (Å²) in [5.41, 5.74) is 2.57. The number of hydrazone groups is 1. The van der Waals surface area contributed by atoms with Crippen molar-refractivity contribution in [3.63, 3.8) is 0 Å². The van der Waals surface area contributed by atoms with Crippen molar-refractivity contribution in [3.8, 4) is 0 Å². The summed E-state index contributed by atoms with van der Waals surface area (Å²) in [5.74, 6) is 0. The first-order valence-electron chi connectivity index (χ1n) is 5.63. The highest BCUT2D eigenvalue weighted by Gasteiger charge is 2.31. The lowest BCUT2D eigenvalue weighted by atomic mass is 10.2. The third kappa shape index (κ3) is 4.34. The zero-order chi connectivity index (χ0) is 15.5. The van der Waals surface area contributed by atoms with Crippen molar-refractivity contribution in [2.24, 2.45) is 5.10 Å². The fraction of sp³-hybridized carbons (Fsp3) is 0.0769. The Morgan fingerprint density at radius 2 is 1.81 bits per heavy atom. The number of aromatic nitrogens is 1. The molecule has 0 spiro atoms. The van der Waals surface area contributed by atoms with Crippen molar-refractivity contribution >= 4 is 35.1 Å². The Labute approximate surface area is 128 Å². The van der Waals surface area contributed by atoms with Gasteiger partial charge in [0.1, 0.15) is 5.69 Å². The second-order valence-corrected chi connectivity index (χ2v) is 4.81. The summed E-state index contributed by atoms with van der Waals surface area (Å²) < 4.78 is 37.4. The van der Waals surface area contributed by atoms with Crippen LogP contribution in [0.25, 0.3) is 0 Å². The third-order valence-electron chi connectivity index (χ3n) is 2.42. The Morgan fingerprint density at radius 3 is 2.38 bits per heavy atom. The molecule has 0 bridgehead atoms. The lowest BCUT2D eigenvalue weighted by Crippen LogP contribution is -2.06. The minimum absolute atomic E-state index is 0.131. The van der Waals surface area contributed by atoms with Crippen LogP contribution in [0.2, 0.25) is 10.0 Å². The Bertz CT molecular complexity index is 655. The van der Waals surface area contributed by atoms with E-state index in [9.17, 15) is 13.2 Å². The standard InChI is InChI=1S/C13H8Cl2F3N3/c14-9-1-3-10(4-2-9)21-20-7-12-11(15)5-8(6-19-12)13(16,17)18/h1-7,21H/b20-7-. The molecule has 0 aliphatic heterocycles. The Balaban J connectivity index is 2.09. The van der Waals surface area contributed by atoms with Gasteiger partial charge in [0.05, 0.1) is 22.5 Å². The van der Waals surface area contributed by atoms with Gasteiger partial charge in [-0.2, -0.15) is 18.3 Å². The molecule has 0 radical (unpaired) electrons. The van der Waals surface area contributed by atoms with Crippen LogP contribution in [0.1, 0.15) is 11.3 Å². The van der Waals surface area contributed by atoms with E-state index in [-0.39, 0.29) is 10.7 Å². The van der Waals surface area contributed by atoms with Gasteiger partial charge >= 0.3 is 6.18 Å². The molecule has 110 valence electrons. The van der Waals surface area contributed by atoms with E-state index < -0.39 is 11.7 Å². The number of pyridine rings is 1. The Hall–Kier alpha value is -1.79. The highest BCUT2D eigenvalue weighted by atomic mass is 35.5. The topological polar surface area (TPSA) is 37.3 Å². The summed E-state index contributed by atoms with van der Waals surface area (Å²) in [6, 6.07) is 7.53. The molecule has 0 unspecified atom stereocenters. The predicted octanol–water partition coefficient (Wildman–Crippen LogP) is 4.85. The van der Waals surface area contributed by atoms with Gasteiger partial charge in [0, 0.05) is 11.2 Å². The van der Waals surface area contributed by atoms with Gasteiger partial charge < -0.3 is 0 Å². The van der Waals surface area contributed by atoms with Crippen LogP contribution in [0, 0.1) is 0 Å². The molecular formula is C13H8Cl2F3N3. The van der Waals surface area contributed by atoms with Gasteiger partial charge in [0.15, 0.2) is 0 Å². The minimum atomic E-state index is -4.48. The van der Waals surface area contributed by atoms with Crippen molar-refractivity contribution < 1.29 is 13.2 Å². The Kier molecular flexibility index (Phi) is 4.69. The SMILES string of the molecule is FC(F)(F)c1cnc(/C=N\Nc2ccc(Cl)cc2)c(Cl)c1. The first-order chi connectivity index (χ1) is 9.86. The summed E-state index contributed by atoms with van der Waals surface area (Å²) in [4.78, 5) is 3.63. The number of halogens is 5. The molecule has 2 rings (SSSR count). The van der Waals surface area contributed by atoms with E-state index in [1.165, 1.54) is 6.21 Å². The van der Waals surface area contributed by atoms with Crippen LogP contribution in [0.5, 0.6) is 0 Å². The van der Waals surface area contributed by atoms with Gasteiger partial charge in [-0.25, -0.2) is 0 Å². The van der Waals surface area contributed by atoms with E-state index in [0.29, 0.717) is 16.9 Å². The first kappa shape index (κ1) is 15.6. The van der Waals surface area contributed by atoms with Crippen LogP contribution >= 0.6 is 23.2 Å². The lowest BCUT2D eigenvalue weighted by Gasteiger charge is -2.07. The highest BCUT2D eigenvalue weighted by molar-refractivity contribution is 6.32. The molecule has 1 aromatic carbocycles. The van der Waals surface area contributed by atoms with Gasteiger partial charge in [0.2, 0.25) is 0 Å². The number of hydrogen-bond acceptors (Lipinski definition) is 3. The summed E-state index contributed by atoms with van der Waals surface area (Å²) >= 11 is 11.5. The molecule has 0 aliphatic carbocycles. The minimum Gasteiger partial charge on any atom is -0.278 e. The molecule has 8 heteroatoms. The van der Waals surface area contributed by atoms with Crippen LogP contribution in [-0.2, 0) is 6.18 Å². The summed E-state index contributed by atoms with van der Waals surface area (Å²) in [5, 5.41) is 4.30.